The van der Waals surface area contributed by atoms with Crippen LogP contribution in [0.2, 0.25) is 0 Å². The lowest BCUT2D eigenvalue weighted by Crippen LogP contribution is -2.40. The molecule has 2 rings (SSSR count). The van der Waals surface area contributed by atoms with Gasteiger partial charge in [-0.2, -0.15) is 13.1 Å². The standard InChI is InChI=1S/C16H23NO5S/c1-6-9-21-14-15(2,3)12-10-11(7-8-13(12)22-14)16(4,5)17-23(18,19)20/h6-8,10,14,17H,1,9H2,2-5H3,(H,18,19,20). The molecule has 0 spiro atoms. The average Bonchev–Trinajstić information content (AvgIpc) is 2.64. The van der Waals surface area contributed by atoms with Crippen molar-refractivity contribution in [3.63, 3.8) is 0 Å². The Morgan fingerprint density at radius 3 is 2.70 bits per heavy atom. The summed E-state index contributed by atoms with van der Waals surface area (Å²) in [6.07, 6.45) is 1.22. The zero-order valence-electron chi connectivity index (χ0n) is 13.8. The fourth-order valence-corrected chi connectivity index (χ4v) is 3.46. The molecule has 1 aliphatic rings. The summed E-state index contributed by atoms with van der Waals surface area (Å²) in [5.74, 6) is 0.704. The maximum Gasteiger partial charge on any atom is 0.334 e. The van der Waals surface area contributed by atoms with Crippen molar-refractivity contribution in [2.75, 3.05) is 6.61 Å². The van der Waals surface area contributed by atoms with Gasteiger partial charge in [0.15, 0.2) is 0 Å². The van der Waals surface area contributed by atoms with E-state index in [1.165, 1.54) is 0 Å². The summed E-state index contributed by atoms with van der Waals surface area (Å²) in [4.78, 5) is 0. The van der Waals surface area contributed by atoms with Gasteiger partial charge in [0.1, 0.15) is 5.75 Å². The summed E-state index contributed by atoms with van der Waals surface area (Å²) in [5.41, 5.74) is 0.283. The van der Waals surface area contributed by atoms with Crippen LogP contribution in [-0.2, 0) is 26.0 Å². The Kier molecular flexibility index (Phi) is 4.60. The minimum Gasteiger partial charge on any atom is -0.464 e. The van der Waals surface area contributed by atoms with Gasteiger partial charge in [-0.3, -0.25) is 4.55 Å². The molecule has 1 aliphatic heterocycles. The van der Waals surface area contributed by atoms with E-state index in [0.717, 1.165) is 11.1 Å². The summed E-state index contributed by atoms with van der Waals surface area (Å²) in [6, 6.07) is 5.44. The fraction of sp³-hybridized carbons (Fsp3) is 0.500. The minimum atomic E-state index is -4.31. The van der Waals surface area contributed by atoms with Gasteiger partial charge in [-0.25, -0.2) is 0 Å². The van der Waals surface area contributed by atoms with Crippen molar-refractivity contribution in [1.29, 1.82) is 0 Å². The number of benzene rings is 1. The van der Waals surface area contributed by atoms with Gasteiger partial charge in [0.25, 0.3) is 0 Å². The molecule has 2 N–H and O–H groups in total. The molecule has 1 aromatic carbocycles. The first-order valence-electron chi connectivity index (χ1n) is 7.28. The zero-order valence-corrected chi connectivity index (χ0v) is 14.6. The lowest BCUT2D eigenvalue weighted by molar-refractivity contribution is -0.0925. The third-order valence-corrected chi connectivity index (χ3v) is 4.74. The van der Waals surface area contributed by atoms with Gasteiger partial charge >= 0.3 is 10.3 Å². The predicted octanol–water partition coefficient (Wildman–Crippen LogP) is 2.51. The molecule has 0 radical (unpaired) electrons. The van der Waals surface area contributed by atoms with Gasteiger partial charge in [0.05, 0.1) is 17.6 Å². The Morgan fingerprint density at radius 2 is 2.13 bits per heavy atom. The highest BCUT2D eigenvalue weighted by Crippen LogP contribution is 2.44. The first kappa shape index (κ1) is 17.9. The highest BCUT2D eigenvalue weighted by atomic mass is 32.2. The van der Waals surface area contributed by atoms with Crippen LogP contribution in [0.5, 0.6) is 5.75 Å². The van der Waals surface area contributed by atoms with Gasteiger partial charge in [-0.1, -0.05) is 12.1 Å². The molecule has 1 heterocycles. The number of ether oxygens (including phenoxy) is 2. The van der Waals surface area contributed by atoms with Gasteiger partial charge < -0.3 is 9.47 Å². The Labute approximate surface area is 137 Å². The van der Waals surface area contributed by atoms with Crippen LogP contribution in [0.4, 0.5) is 0 Å². The van der Waals surface area contributed by atoms with Gasteiger partial charge in [0, 0.05) is 5.56 Å². The Morgan fingerprint density at radius 1 is 1.48 bits per heavy atom. The fourth-order valence-electron chi connectivity index (χ4n) is 2.69. The predicted molar refractivity (Wildman–Crippen MR) is 87.7 cm³/mol. The van der Waals surface area contributed by atoms with Gasteiger partial charge in [0.2, 0.25) is 6.29 Å². The zero-order chi connectivity index (χ0) is 17.5. The van der Waals surface area contributed by atoms with Crippen molar-refractivity contribution in [2.45, 2.75) is 44.9 Å². The van der Waals surface area contributed by atoms with Crippen LogP contribution in [0.25, 0.3) is 0 Å². The number of nitrogens with one attached hydrogen (secondary N) is 1. The Balaban J connectivity index is 2.37. The molecule has 0 saturated heterocycles. The maximum absolute atomic E-state index is 11.1. The lowest BCUT2D eigenvalue weighted by atomic mass is 9.82. The van der Waals surface area contributed by atoms with Crippen LogP contribution >= 0.6 is 0 Å². The molecule has 1 atom stereocenters. The van der Waals surface area contributed by atoms with Crippen molar-refractivity contribution in [1.82, 2.24) is 4.72 Å². The van der Waals surface area contributed by atoms with E-state index in [9.17, 15) is 8.42 Å². The summed E-state index contributed by atoms with van der Waals surface area (Å²) in [7, 11) is -4.31. The number of fused-ring (bicyclic) bond motifs is 1. The summed E-state index contributed by atoms with van der Waals surface area (Å²) in [5, 5.41) is 0. The molecule has 6 nitrogen and oxygen atoms in total. The summed E-state index contributed by atoms with van der Waals surface area (Å²) >= 11 is 0. The van der Waals surface area contributed by atoms with Crippen LogP contribution in [0.1, 0.15) is 38.8 Å². The second kappa shape index (κ2) is 5.90. The summed E-state index contributed by atoms with van der Waals surface area (Å²) < 4.78 is 45.1. The van der Waals surface area contributed by atoms with Crippen LogP contribution in [-0.4, -0.2) is 25.9 Å². The molecular formula is C16H23NO5S. The molecular weight excluding hydrogens is 318 g/mol. The van der Waals surface area contributed by atoms with E-state index in [2.05, 4.69) is 11.3 Å². The smallest absolute Gasteiger partial charge is 0.334 e. The first-order chi connectivity index (χ1) is 10.5. The molecule has 7 heteroatoms. The van der Waals surface area contributed by atoms with E-state index in [1.807, 2.05) is 19.9 Å². The second-order valence-corrected chi connectivity index (χ2v) is 7.86. The second-order valence-electron chi connectivity index (χ2n) is 6.71. The first-order valence-corrected chi connectivity index (χ1v) is 8.72. The number of hydrogen-bond acceptors (Lipinski definition) is 4. The molecule has 0 aliphatic carbocycles. The Hall–Kier alpha value is -1.41. The molecule has 23 heavy (non-hydrogen) atoms. The average molecular weight is 341 g/mol. The minimum absolute atomic E-state index is 0.380. The van der Waals surface area contributed by atoms with Crippen LogP contribution < -0.4 is 9.46 Å². The molecule has 1 unspecified atom stereocenters. The quantitative estimate of drug-likeness (QED) is 0.613. The van der Waals surface area contributed by atoms with E-state index in [-0.39, 0.29) is 0 Å². The van der Waals surface area contributed by atoms with Crippen LogP contribution in [0, 0.1) is 0 Å². The lowest BCUT2D eigenvalue weighted by Gasteiger charge is -2.28. The maximum atomic E-state index is 11.1. The SMILES string of the molecule is C=CCOC1Oc2ccc(C(C)(C)NS(=O)(=O)O)cc2C1(C)C. The van der Waals surface area contributed by atoms with E-state index >= 15 is 0 Å². The third-order valence-electron chi connectivity index (χ3n) is 3.97. The van der Waals surface area contributed by atoms with Crippen LogP contribution in [0.15, 0.2) is 30.9 Å². The Bertz CT molecular complexity index is 709. The summed E-state index contributed by atoms with van der Waals surface area (Å²) in [6.45, 7) is 11.4. The van der Waals surface area contributed by atoms with E-state index in [4.69, 9.17) is 14.0 Å². The molecule has 0 aromatic heterocycles. The van der Waals surface area contributed by atoms with Gasteiger partial charge in [-0.05, 0) is 45.4 Å². The topological polar surface area (TPSA) is 84.9 Å². The van der Waals surface area contributed by atoms with Crippen molar-refractivity contribution in [3.05, 3.63) is 42.0 Å². The van der Waals surface area contributed by atoms with Crippen molar-refractivity contribution in [3.8, 4) is 5.75 Å². The normalized spacial score (nSPS) is 20.0. The van der Waals surface area contributed by atoms with Crippen LogP contribution in [0.3, 0.4) is 0 Å². The molecule has 0 saturated carbocycles. The monoisotopic (exact) mass is 341 g/mol. The number of hydrogen-bond donors (Lipinski definition) is 2. The molecule has 0 bridgehead atoms. The molecule has 0 fully saturated rings. The van der Waals surface area contributed by atoms with Crippen molar-refractivity contribution >= 4 is 10.3 Å². The van der Waals surface area contributed by atoms with E-state index in [1.54, 1.807) is 32.1 Å². The van der Waals surface area contributed by atoms with Crippen molar-refractivity contribution in [2.24, 2.45) is 0 Å². The van der Waals surface area contributed by atoms with Gasteiger partial charge in [-0.15, -0.1) is 6.58 Å². The largest absolute Gasteiger partial charge is 0.464 e. The van der Waals surface area contributed by atoms with E-state index in [0.29, 0.717) is 12.4 Å². The van der Waals surface area contributed by atoms with Crippen molar-refractivity contribution < 1.29 is 22.4 Å². The molecule has 0 amide bonds. The highest BCUT2D eigenvalue weighted by Gasteiger charge is 2.43. The van der Waals surface area contributed by atoms with E-state index < -0.39 is 27.5 Å². The molecule has 128 valence electrons. The third kappa shape index (κ3) is 3.74. The molecule has 1 aromatic rings. The number of rotatable bonds is 6. The highest BCUT2D eigenvalue weighted by molar-refractivity contribution is 7.83.